The molecule has 2 heterocycles. The van der Waals surface area contributed by atoms with Crippen molar-refractivity contribution in [3.05, 3.63) is 81.9 Å². The average Bonchev–Trinajstić information content (AvgIpc) is 3.36. The van der Waals surface area contributed by atoms with Crippen LogP contribution >= 0.6 is 27.7 Å². The Kier molecular flexibility index (Phi) is 7.06. The van der Waals surface area contributed by atoms with Gasteiger partial charge in [0.25, 0.3) is 5.91 Å². The summed E-state index contributed by atoms with van der Waals surface area (Å²) in [5.41, 5.74) is 1.79. The normalized spacial score (nSPS) is 16.6. The number of hydrogen-bond donors (Lipinski definition) is 0. The lowest BCUT2D eigenvalue weighted by Crippen LogP contribution is -2.30. The van der Waals surface area contributed by atoms with Crippen molar-refractivity contribution in [1.29, 1.82) is 0 Å². The molecule has 31 heavy (non-hydrogen) atoms. The molecular weight excluding hydrogens is 476 g/mol. The number of ether oxygens (including phenoxy) is 1. The lowest BCUT2D eigenvalue weighted by Gasteiger charge is -2.15. The summed E-state index contributed by atoms with van der Waals surface area (Å²) < 4.78 is 12.1. The number of methoxy groups -OCH3 is 1. The predicted octanol–water partition coefficient (Wildman–Crippen LogP) is 6.35. The third-order valence-electron chi connectivity index (χ3n) is 4.63. The smallest absolute Gasteiger partial charge is 0.266 e. The maximum absolute atomic E-state index is 13.1. The first-order valence-electron chi connectivity index (χ1n) is 9.84. The molecular formula is C24H21BrN2O3S. The van der Waals surface area contributed by atoms with E-state index in [1.807, 2.05) is 66.7 Å². The molecule has 1 aliphatic rings. The van der Waals surface area contributed by atoms with E-state index in [9.17, 15) is 4.79 Å². The molecule has 1 amide bonds. The van der Waals surface area contributed by atoms with E-state index in [4.69, 9.17) is 9.15 Å². The van der Waals surface area contributed by atoms with Crippen LogP contribution in [0.3, 0.4) is 0 Å². The lowest BCUT2D eigenvalue weighted by atomic mass is 10.2. The zero-order chi connectivity index (χ0) is 21.6. The standard InChI is InChI=1S/C24H21BrN2O3S/c1-29-15-5-14-27-23(28)22(31-24(27)26-19-6-3-2-4-7-19)16-20-12-13-21(30-20)17-8-10-18(25)11-9-17/h2-4,6-13,16H,5,14-15H2,1H3. The highest BCUT2D eigenvalue weighted by Crippen LogP contribution is 2.35. The molecule has 0 spiro atoms. The number of halogens is 1. The van der Waals surface area contributed by atoms with Gasteiger partial charge in [-0.3, -0.25) is 9.69 Å². The third-order valence-corrected chi connectivity index (χ3v) is 6.16. The molecule has 0 radical (unpaired) electrons. The van der Waals surface area contributed by atoms with Crippen molar-refractivity contribution in [3.63, 3.8) is 0 Å². The first kappa shape index (κ1) is 21.6. The van der Waals surface area contributed by atoms with Crippen LogP contribution in [0.2, 0.25) is 0 Å². The van der Waals surface area contributed by atoms with Crippen LogP contribution in [-0.2, 0) is 9.53 Å². The quantitative estimate of drug-likeness (QED) is 0.282. The molecule has 5 nitrogen and oxygen atoms in total. The molecule has 4 rings (SSSR count). The van der Waals surface area contributed by atoms with Gasteiger partial charge in [0.2, 0.25) is 0 Å². The van der Waals surface area contributed by atoms with Gasteiger partial charge in [0, 0.05) is 36.4 Å². The Bertz CT molecular complexity index is 1110. The summed E-state index contributed by atoms with van der Waals surface area (Å²) in [5, 5.41) is 0.665. The molecule has 0 saturated carbocycles. The second-order valence-electron chi connectivity index (χ2n) is 6.85. The Hall–Kier alpha value is -2.61. The molecule has 1 fully saturated rings. The first-order valence-corrected chi connectivity index (χ1v) is 11.4. The van der Waals surface area contributed by atoms with E-state index in [0.29, 0.717) is 29.0 Å². The number of hydrogen-bond acceptors (Lipinski definition) is 5. The molecule has 158 valence electrons. The van der Waals surface area contributed by atoms with Crippen LogP contribution in [0.4, 0.5) is 5.69 Å². The van der Waals surface area contributed by atoms with Crippen LogP contribution in [0.1, 0.15) is 12.2 Å². The summed E-state index contributed by atoms with van der Waals surface area (Å²) in [6.07, 6.45) is 2.52. The number of nitrogens with zero attached hydrogens (tertiary/aromatic N) is 2. The van der Waals surface area contributed by atoms with Crippen LogP contribution in [0, 0.1) is 0 Å². The number of benzene rings is 2. The minimum atomic E-state index is -0.0719. The van der Waals surface area contributed by atoms with Crippen molar-refractivity contribution < 1.29 is 13.9 Å². The molecule has 0 N–H and O–H groups in total. The van der Waals surface area contributed by atoms with E-state index >= 15 is 0 Å². The summed E-state index contributed by atoms with van der Waals surface area (Å²) in [6.45, 7) is 1.13. The highest BCUT2D eigenvalue weighted by molar-refractivity contribution is 9.10. The van der Waals surface area contributed by atoms with E-state index in [1.165, 1.54) is 11.8 Å². The van der Waals surface area contributed by atoms with E-state index in [2.05, 4.69) is 20.9 Å². The molecule has 1 aliphatic heterocycles. The monoisotopic (exact) mass is 496 g/mol. The van der Waals surface area contributed by atoms with E-state index in [-0.39, 0.29) is 5.91 Å². The lowest BCUT2D eigenvalue weighted by molar-refractivity contribution is -0.122. The van der Waals surface area contributed by atoms with Gasteiger partial charge in [-0.05, 0) is 54.6 Å². The largest absolute Gasteiger partial charge is 0.457 e. The highest BCUT2D eigenvalue weighted by Gasteiger charge is 2.33. The van der Waals surface area contributed by atoms with Crippen LogP contribution in [0.15, 0.2) is 85.5 Å². The fourth-order valence-corrected chi connectivity index (χ4v) is 4.37. The number of para-hydroxylation sites is 1. The minimum Gasteiger partial charge on any atom is -0.457 e. The predicted molar refractivity (Wildman–Crippen MR) is 129 cm³/mol. The van der Waals surface area contributed by atoms with Gasteiger partial charge in [-0.1, -0.05) is 46.3 Å². The summed E-state index contributed by atoms with van der Waals surface area (Å²) in [7, 11) is 1.66. The Balaban J connectivity index is 1.59. The van der Waals surface area contributed by atoms with E-state index < -0.39 is 0 Å². The topological polar surface area (TPSA) is 55.0 Å². The second kappa shape index (κ2) is 10.1. The first-order chi connectivity index (χ1) is 15.1. The molecule has 0 unspecified atom stereocenters. The van der Waals surface area contributed by atoms with Gasteiger partial charge in [0.05, 0.1) is 10.6 Å². The minimum absolute atomic E-state index is 0.0719. The molecule has 3 aromatic rings. The van der Waals surface area contributed by atoms with Gasteiger partial charge in [-0.25, -0.2) is 4.99 Å². The van der Waals surface area contributed by atoms with Crippen molar-refractivity contribution in [1.82, 2.24) is 4.90 Å². The fraction of sp³-hybridized carbons (Fsp3) is 0.167. The van der Waals surface area contributed by atoms with E-state index in [0.717, 1.165) is 27.9 Å². The molecule has 0 aliphatic carbocycles. The summed E-state index contributed by atoms with van der Waals surface area (Å²) in [4.78, 5) is 20.1. The summed E-state index contributed by atoms with van der Waals surface area (Å²) in [5.74, 6) is 1.31. The second-order valence-corrected chi connectivity index (χ2v) is 8.78. The number of amidine groups is 1. The third kappa shape index (κ3) is 5.36. The number of furan rings is 1. The Morgan fingerprint density at radius 1 is 1.10 bits per heavy atom. The van der Waals surface area contributed by atoms with Crippen molar-refractivity contribution in [2.45, 2.75) is 6.42 Å². The highest BCUT2D eigenvalue weighted by atomic mass is 79.9. The number of carbonyl (C=O) groups is 1. The summed E-state index contributed by atoms with van der Waals surface area (Å²) in [6, 6.07) is 21.3. The van der Waals surface area contributed by atoms with Gasteiger partial charge in [0.15, 0.2) is 5.17 Å². The van der Waals surface area contributed by atoms with Gasteiger partial charge >= 0.3 is 0 Å². The number of thioether (sulfide) groups is 1. The number of rotatable bonds is 7. The van der Waals surface area contributed by atoms with Crippen LogP contribution in [-0.4, -0.2) is 36.2 Å². The Morgan fingerprint density at radius 3 is 2.61 bits per heavy atom. The van der Waals surface area contributed by atoms with Crippen LogP contribution in [0.5, 0.6) is 0 Å². The average molecular weight is 497 g/mol. The van der Waals surface area contributed by atoms with Crippen molar-refractivity contribution in [2.24, 2.45) is 4.99 Å². The maximum atomic E-state index is 13.1. The van der Waals surface area contributed by atoms with E-state index in [1.54, 1.807) is 18.1 Å². The van der Waals surface area contributed by atoms with Crippen molar-refractivity contribution in [2.75, 3.05) is 20.3 Å². The van der Waals surface area contributed by atoms with Crippen LogP contribution < -0.4 is 0 Å². The molecule has 2 aromatic carbocycles. The van der Waals surface area contributed by atoms with Crippen LogP contribution in [0.25, 0.3) is 17.4 Å². The molecule has 0 atom stereocenters. The zero-order valence-electron chi connectivity index (χ0n) is 17.0. The Morgan fingerprint density at radius 2 is 1.87 bits per heavy atom. The number of aliphatic imine (C=N–C) groups is 1. The molecule has 0 bridgehead atoms. The fourth-order valence-electron chi connectivity index (χ4n) is 3.10. The molecule has 1 saturated heterocycles. The maximum Gasteiger partial charge on any atom is 0.266 e. The molecule has 1 aromatic heterocycles. The van der Waals surface area contributed by atoms with Gasteiger partial charge in [-0.15, -0.1) is 0 Å². The number of amides is 1. The van der Waals surface area contributed by atoms with Gasteiger partial charge in [-0.2, -0.15) is 0 Å². The molecule has 7 heteroatoms. The Labute approximate surface area is 193 Å². The van der Waals surface area contributed by atoms with Crippen molar-refractivity contribution in [3.8, 4) is 11.3 Å². The zero-order valence-corrected chi connectivity index (χ0v) is 19.4. The number of carbonyl (C=O) groups excluding carboxylic acids is 1. The van der Waals surface area contributed by atoms with Gasteiger partial charge in [0.1, 0.15) is 11.5 Å². The van der Waals surface area contributed by atoms with Gasteiger partial charge < -0.3 is 9.15 Å². The summed E-state index contributed by atoms with van der Waals surface area (Å²) >= 11 is 4.80. The van der Waals surface area contributed by atoms with Crippen molar-refractivity contribution >= 4 is 50.5 Å². The SMILES string of the molecule is COCCCN1C(=O)C(=Cc2ccc(-c3ccc(Br)cc3)o2)SC1=Nc1ccccc1.